The molecular weight excluding hydrogens is 308 g/mol. The third-order valence-electron chi connectivity index (χ3n) is 4.48. The molecule has 7 nitrogen and oxygen atoms in total. The Kier molecular flexibility index (Phi) is 4.42. The van der Waals surface area contributed by atoms with E-state index >= 15 is 0 Å². The van der Waals surface area contributed by atoms with Crippen LogP contribution < -0.4 is 16.0 Å². The second kappa shape index (κ2) is 6.51. The first-order valence-corrected chi connectivity index (χ1v) is 8.19. The van der Waals surface area contributed by atoms with Crippen LogP contribution in [-0.4, -0.2) is 47.4 Å². The molecule has 1 aromatic carbocycles. The molecule has 3 atom stereocenters. The van der Waals surface area contributed by atoms with Crippen molar-refractivity contribution < 1.29 is 14.4 Å². The summed E-state index contributed by atoms with van der Waals surface area (Å²) in [5.74, 6) is -0.167. The standard InChI is InChI=1S/C17H22N4O3/c1-10(2)14-16(23)21-9-12(8-13(21)15(22)20-14)19-17(24)18-11-6-4-3-5-7-11/h3-7,10,12-14H,8-9H2,1-2H3,(H,20,22)(H2,18,19,24)/t12-,13-,14-/m0/s1. The van der Waals surface area contributed by atoms with Gasteiger partial charge in [-0.15, -0.1) is 0 Å². The molecule has 0 aromatic heterocycles. The van der Waals surface area contributed by atoms with Gasteiger partial charge in [-0.2, -0.15) is 0 Å². The van der Waals surface area contributed by atoms with Gasteiger partial charge in [-0.1, -0.05) is 32.0 Å². The van der Waals surface area contributed by atoms with E-state index in [1.165, 1.54) is 0 Å². The van der Waals surface area contributed by atoms with Gasteiger partial charge in [0.2, 0.25) is 11.8 Å². The number of rotatable bonds is 3. The van der Waals surface area contributed by atoms with Crippen molar-refractivity contribution in [1.29, 1.82) is 0 Å². The summed E-state index contributed by atoms with van der Waals surface area (Å²) in [7, 11) is 0. The molecule has 0 radical (unpaired) electrons. The molecule has 24 heavy (non-hydrogen) atoms. The molecule has 0 saturated carbocycles. The zero-order valence-electron chi connectivity index (χ0n) is 13.8. The van der Waals surface area contributed by atoms with Gasteiger partial charge in [0.25, 0.3) is 0 Å². The minimum Gasteiger partial charge on any atom is -0.342 e. The highest BCUT2D eigenvalue weighted by Gasteiger charge is 2.47. The van der Waals surface area contributed by atoms with Crippen LogP contribution in [0.5, 0.6) is 0 Å². The number of carbonyl (C=O) groups is 3. The SMILES string of the molecule is CC(C)[C@@H]1NC(=O)[C@@H]2C[C@H](NC(=O)Nc3ccccc3)CN2C1=O. The summed E-state index contributed by atoms with van der Waals surface area (Å²) in [4.78, 5) is 38.4. The first-order valence-electron chi connectivity index (χ1n) is 8.19. The van der Waals surface area contributed by atoms with Gasteiger partial charge in [-0.3, -0.25) is 9.59 Å². The number of carbonyl (C=O) groups excluding carboxylic acids is 3. The van der Waals surface area contributed by atoms with Gasteiger partial charge in [0, 0.05) is 12.2 Å². The average Bonchev–Trinajstić information content (AvgIpc) is 2.96. The summed E-state index contributed by atoms with van der Waals surface area (Å²) in [6.07, 6.45) is 0.435. The van der Waals surface area contributed by atoms with Crippen LogP contribution in [-0.2, 0) is 9.59 Å². The topological polar surface area (TPSA) is 90.5 Å². The maximum absolute atomic E-state index is 12.5. The van der Waals surface area contributed by atoms with Crippen molar-refractivity contribution in [2.75, 3.05) is 11.9 Å². The molecule has 3 N–H and O–H groups in total. The Morgan fingerprint density at radius 2 is 1.96 bits per heavy atom. The number of para-hydroxylation sites is 1. The van der Waals surface area contributed by atoms with Gasteiger partial charge in [-0.25, -0.2) is 4.79 Å². The van der Waals surface area contributed by atoms with Crippen LogP contribution in [0.1, 0.15) is 20.3 Å². The van der Waals surface area contributed by atoms with Gasteiger partial charge in [0.15, 0.2) is 0 Å². The van der Waals surface area contributed by atoms with Crippen LogP contribution in [0.3, 0.4) is 0 Å². The summed E-state index contributed by atoms with van der Waals surface area (Å²) >= 11 is 0. The van der Waals surface area contributed by atoms with Gasteiger partial charge >= 0.3 is 6.03 Å². The second-order valence-corrected chi connectivity index (χ2v) is 6.63. The first-order chi connectivity index (χ1) is 11.5. The highest BCUT2D eigenvalue weighted by Crippen LogP contribution is 2.24. The molecule has 0 unspecified atom stereocenters. The lowest BCUT2D eigenvalue weighted by Gasteiger charge is -2.36. The van der Waals surface area contributed by atoms with E-state index in [2.05, 4.69) is 16.0 Å². The van der Waals surface area contributed by atoms with Crippen LogP contribution in [0.25, 0.3) is 0 Å². The molecular formula is C17H22N4O3. The van der Waals surface area contributed by atoms with E-state index in [1.54, 1.807) is 17.0 Å². The highest BCUT2D eigenvalue weighted by molar-refractivity contribution is 5.98. The van der Waals surface area contributed by atoms with E-state index in [-0.39, 0.29) is 29.8 Å². The normalized spacial score (nSPS) is 26.1. The molecule has 2 aliphatic rings. The highest BCUT2D eigenvalue weighted by atomic mass is 16.2. The summed E-state index contributed by atoms with van der Waals surface area (Å²) < 4.78 is 0. The molecule has 2 fully saturated rings. The van der Waals surface area contributed by atoms with Crippen molar-refractivity contribution in [3.63, 3.8) is 0 Å². The van der Waals surface area contributed by atoms with E-state index in [0.29, 0.717) is 18.7 Å². The fraction of sp³-hybridized carbons (Fsp3) is 0.471. The number of fused-ring (bicyclic) bond motifs is 1. The number of nitrogens with one attached hydrogen (secondary N) is 3. The molecule has 7 heteroatoms. The smallest absolute Gasteiger partial charge is 0.319 e. The Hall–Kier alpha value is -2.57. The molecule has 128 valence electrons. The number of piperazine rings is 1. The number of nitrogens with zero attached hydrogens (tertiary/aromatic N) is 1. The lowest BCUT2D eigenvalue weighted by atomic mass is 9.98. The molecule has 0 spiro atoms. The lowest BCUT2D eigenvalue weighted by Crippen LogP contribution is -2.62. The average molecular weight is 330 g/mol. The third-order valence-corrected chi connectivity index (χ3v) is 4.48. The molecule has 4 amide bonds. The first kappa shape index (κ1) is 16.3. The fourth-order valence-corrected chi connectivity index (χ4v) is 3.25. The van der Waals surface area contributed by atoms with E-state index in [9.17, 15) is 14.4 Å². The fourth-order valence-electron chi connectivity index (χ4n) is 3.25. The van der Waals surface area contributed by atoms with Crippen molar-refractivity contribution in [2.24, 2.45) is 5.92 Å². The zero-order valence-corrected chi connectivity index (χ0v) is 13.8. The number of hydrogen-bond acceptors (Lipinski definition) is 3. The second-order valence-electron chi connectivity index (χ2n) is 6.63. The summed E-state index contributed by atoms with van der Waals surface area (Å²) in [6, 6.07) is 7.58. The van der Waals surface area contributed by atoms with E-state index in [0.717, 1.165) is 0 Å². The minimum atomic E-state index is -0.491. The summed E-state index contributed by atoms with van der Waals surface area (Å²) in [6.45, 7) is 4.17. The molecule has 0 bridgehead atoms. The van der Waals surface area contributed by atoms with Gasteiger partial charge < -0.3 is 20.9 Å². The monoisotopic (exact) mass is 330 g/mol. The van der Waals surface area contributed by atoms with E-state index in [4.69, 9.17) is 0 Å². The molecule has 2 heterocycles. The summed E-state index contributed by atoms with van der Waals surface area (Å²) in [5, 5.41) is 8.38. The Morgan fingerprint density at radius 1 is 1.25 bits per heavy atom. The number of benzene rings is 1. The number of amides is 4. The Morgan fingerprint density at radius 3 is 2.62 bits per heavy atom. The molecule has 2 saturated heterocycles. The number of anilines is 1. The summed E-state index contributed by atoms with van der Waals surface area (Å²) in [5.41, 5.74) is 0.694. The number of urea groups is 1. The van der Waals surface area contributed by atoms with Crippen LogP contribution in [0.2, 0.25) is 0 Å². The zero-order chi connectivity index (χ0) is 17.3. The van der Waals surface area contributed by atoms with Crippen molar-refractivity contribution in [3.8, 4) is 0 Å². The predicted molar refractivity (Wildman–Crippen MR) is 89.3 cm³/mol. The minimum absolute atomic E-state index is 0.0378. The maximum Gasteiger partial charge on any atom is 0.319 e. The Balaban J connectivity index is 1.61. The van der Waals surface area contributed by atoms with E-state index in [1.807, 2.05) is 32.0 Å². The molecule has 0 aliphatic carbocycles. The number of hydrogen-bond donors (Lipinski definition) is 3. The molecule has 1 aromatic rings. The van der Waals surface area contributed by atoms with Crippen LogP contribution in [0.15, 0.2) is 30.3 Å². The van der Waals surface area contributed by atoms with Gasteiger partial charge in [0.05, 0.1) is 6.04 Å². The third kappa shape index (κ3) is 3.20. The quantitative estimate of drug-likeness (QED) is 0.770. The van der Waals surface area contributed by atoms with Crippen molar-refractivity contribution in [1.82, 2.24) is 15.5 Å². The molecule has 3 rings (SSSR count). The van der Waals surface area contributed by atoms with Crippen LogP contribution in [0.4, 0.5) is 10.5 Å². The maximum atomic E-state index is 12.5. The molecule has 2 aliphatic heterocycles. The van der Waals surface area contributed by atoms with Gasteiger partial charge in [-0.05, 0) is 24.5 Å². The van der Waals surface area contributed by atoms with Crippen molar-refractivity contribution >= 4 is 23.5 Å². The van der Waals surface area contributed by atoms with E-state index < -0.39 is 12.1 Å². The Labute approximate surface area is 140 Å². The van der Waals surface area contributed by atoms with Gasteiger partial charge in [0.1, 0.15) is 12.1 Å². The van der Waals surface area contributed by atoms with Crippen molar-refractivity contribution in [3.05, 3.63) is 30.3 Å². The largest absolute Gasteiger partial charge is 0.342 e. The lowest BCUT2D eigenvalue weighted by molar-refractivity contribution is -0.148. The Bertz CT molecular complexity index is 646. The predicted octanol–water partition coefficient (Wildman–Crippen LogP) is 0.932. The van der Waals surface area contributed by atoms with Crippen molar-refractivity contribution in [2.45, 2.75) is 38.4 Å². The van der Waals surface area contributed by atoms with Crippen LogP contribution >= 0.6 is 0 Å². The van der Waals surface area contributed by atoms with Crippen LogP contribution in [0, 0.1) is 5.92 Å².